The summed E-state index contributed by atoms with van der Waals surface area (Å²) >= 11 is 0. The second-order valence-electron chi connectivity index (χ2n) is 8.52. The van der Waals surface area contributed by atoms with Crippen LogP contribution in [0.15, 0.2) is 48.9 Å². The molecule has 4 heterocycles. The highest BCUT2D eigenvalue weighted by atomic mass is 15.3. The topological polar surface area (TPSA) is 85.8 Å². The van der Waals surface area contributed by atoms with Crippen molar-refractivity contribution in [1.29, 1.82) is 0 Å². The quantitative estimate of drug-likeness (QED) is 0.552. The van der Waals surface area contributed by atoms with Crippen LogP contribution in [0, 0.1) is 0 Å². The summed E-state index contributed by atoms with van der Waals surface area (Å²) in [5, 5.41) is 5.84. The van der Waals surface area contributed by atoms with Gasteiger partial charge in [-0.25, -0.2) is 19.6 Å². The van der Waals surface area contributed by atoms with Gasteiger partial charge in [-0.15, -0.1) is 0 Å². The highest BCUT2D eigenvalue weighted by Crippen LogP contribution is 2.35. The molecule has 7 nitrogen and oxygen atoms in total. The number of pyridine rings is 1. The van der Waals surface area contributed by atoms with Crippen molar-refractivity contribution < 1.29 is 0 Å². The number of hydrogen-bond acceptors (Lipinski definition) is 6. The van der Waals surface area contributed by atoms with Gasteiger partial charge in [0.15, 0.2) is 5.65 Å². The number of benzene rings is 1. The van der Waals surface area contributed by atoms with Gasteiger partial charge in [0.1, 0.15) is 23.7 Å². The zero-order valence-corrected chi connectivity index (χ0v) is 17.4. The molecule has 1 atom stereocenters. The Morgan fingerprint density at radius 3 is 2.58 bits per heavy atom. The van der Waals surface area contributed by atoms with E-state index in [2.05, 4.69) is 55.9 Å². The smallest absolute Gasteiger partial charge is 0.164 e. The predicted molar refractivity (Wildman–Crippen MR) is 122 cm³/mol. The van der Waals surface area contributed by atoms with Gasteiger partial charge in [0.25, 0.3) is 0 Å². The van der Waals surface area contributed by atoms with E-state index in [1.54, 1.807) is 0 Å². The second-order valence-corrected chi connectivity index (χ2v) is 8.52. The van der Waals surface area contributed by atoms with Crippen molar-refractivity contribution in [3.63, 3.8) is 0 Å². The summed E-state index contributed by atoms with van der Waals surface area (Å²) in [6, 6.07) is 13.1. The number of nitrogens with two attached hydrogens (primary N) is 1. The fourth-order valence-corrected chi connectivity index (χ4v) is 5.00. The molecule has 0 radical (unpaired) electrons. The summed E-state index contributed by atoms with van der Waals surface area (Å²) in [6.07, 6.45) is 8.93. The van der Waals surface area contributed by atoms with Crippen molar-refractivity contribution in [3.8, 4) is 11.3 Å². The van der Waals surface area contributed by atoms with Crippen molar-refractivity contribution >= 4 is 22.7 Å². The third kappa shape index (κ3) is 3.12. The zero-order chi connectivity index (χ0) is 20.8. The van der Waals surface area contributed by atoms with E-state index in [1.165, 1.54) is 30.3 Å². The van der Waals surface area contributed by atoms with E-state index in [0.717, 1.165) is 60.5 Å². The summed E-state index contributed by atoms with van der Waals surface area (Å²) in [5.74, 6) is 1.49. The maximum absolute atomic E-state index is 6.31. The average Bonchev–Trinajstić information content (AvgIpc) is 3.48. The summed E-state index contributed by atoms with van der Waals surface area (Å²) in [7, 11) is 0. The Morgan fingerprint density at radius 1 is 0.935 bits per heavy atom. The number of rotatable bonds is 3. The monoisotopic (exact) mass is 411 g/mol. The van der Waals surface area contributed by atoms with Crippen LogP contribution in [0.4, 0.5) is 11.6 Å². The third-order valence-corrected chi connectivity index (χ3v) is 6.64. The van der Waals surface area contributed by atoms with Crippen LogP contribution in [-0.4, -0.2) is 37.8 Å². The number of hydrogen-bond donors (Lipinski definition) is 1. The molecule has 1 saturated heterocycles. The first kappa shape index (κ1) is 18.3. The summed E-state index contributed by atoms with van der Waals surface area (Å²) in [4.78, 5) is 15.9. The lowest BCUT2D eigenvalue weighted by molar-refractivity contribution is 0.415. The molecule has 2 N–H and O–H groups in total. The van der Waals surface area contributed by atoms with Crippen molar-refractivity contribution in [1.82, 2.24) is 24.7 Å². The molecule has 2 aliphatic rings. The van der Waals surface area contributed by atoms with Crippen molar-refractivity contribution in [2.45, 2.75) is 38.1 Å². The lowest BCUT2D eigenvalue weighted by Gasteiger charge is -2.25. The summed E-state index contributed by atoms with van der Waals surface area (Å²) < 4.78 is 2.06. The summed E-state index contributed by atoms with van der Waals surface area (Å²) in [5.41, 5.74) is 11.7. The van der Waals surface area contributed by atoms with Crippen molar-refractivity contribution in [3.05, 3.63) is 60.0 Å². The van der Waals surface area contributed by atoms with Gasteiger partial charge in [0, 0.05) is 24.8 Å². The maximum Gasteiger partial charge on any atom is 0.164 e. The molecule has 0 amide bonds. The number of nitrogens with zero attached hydrogens (tertiary/aromatic N) is 6. The van der Waals surface area contributed by atoms with E-state index in [1.807, 2.05) is 6.20 Å². The van der Waals surface area contributed by atoms with Gasteiger partial charge in [-0.05, 0) is 55.4 Å². The fraction of sp³-hybridized carbons (Fsp3) is 0.333. The van der Waals surface area contributed by atoms with Gasteiger partial charge >= 0.3 is 0 Å². The van der Waals surface area contributed by atoms with Crippen LogP contribution in [0.5, 0.6) is 0 Å². The molecular formula is C24H25N7. The van der Waals surface area contributed by atoms with Gasteiger partial charge in [-0.1, -0.05) is 24.3 Å². The number of aromatic nitrogens is 5. The van der Waals surface area contributed by atoms with E-state index in [0.29, 0.717) is 5.82 Å². The fourth-order valence-electron chi connectivity index (χ4n) is 5.00. The highest BCUT2D eigenvalue weighted by molar-refractivity contribution is 5.98. The molecular weight excluding hydrogens is 386 g/mol. The van der Waals surface area contributed by atoms with Gasteiger partial charge in [0.05, 0.1) is 11.4 Å². The van der Waals surface area contributed by atoms with E-state index < -0.39 is 0 Å². The van der Waals surface area contributed by atoms with E-state index in [4.69, 9.17) is 15.8 Å². The third-order valence-electron chi connectivity index (χ3n) is 6.64. The van der Waals surface area contributed by atoms with Crippen molar-refractivity contribution in [2.75, 3.05) is 23.7 Å². The number of aryl methyl sites for hydroxylation is 1. The molecule has 1 fully saturated rings. The largest absolute Gasteiger partial charge is 0.383 e. The maximum atomic E-state index is 6.31. The Hall–Kier alpha value is -3.48. The van der Waals surface area contributed by atoms with E-state index in [-0.39, 0.29) is 6.04 Å². The Kier molecular flexibility index (Phi) is 4.33. The Bertz CT molecular complexity index is 1240. The predicted octanol–water partition coefficient (Wildman–Crippen LogP) is 3.80. The molecule has 1 aliphatic heterocycles. The second kappa shape index (κ2) is 7.34. The molecule has 31 heavy (non-hydrogen) atoms. The van der Waals surface area contributed by atoms with Crippen molar-refractivity contribution in [2.24, 2.45) is 0 Å². The normalized spacial score (nSPS) is 18.5. The standard InChI is InChI=1S/C24H25N7/c25-23-21-22(18-8-10-20(26-14-18)30-11-3-4-12-30)29-31(24(21)28-15-27-23)19-9-7-16-5-1-2-6-17(16)13-19/h1-2,5-6,8,10,14-15,19H,3-4,7,9,11-13H2,(H2,25,27,28). The molecule has 1 aliphatic carbocycles. The highest BCUT2D eigenvalue weighted by Gasteiger charge is 2.26. The Morgan fingerprint density at radius 2 is 1.77 bits per heavy atom. The Balaban J connectivity index is 1.42. The molecule has 3 aromatic heterocycles. The molecule has 156 valence electrons. The minimum absolute atomic E-state index is 0.247. The van der Waals surface area contributed by atoms with E-state index >= 15 is 0 Å². The molecule has 7 heteroatoms. The van der Waals surface area contributed by atoms with Crippen LogP contribution in [0.1, 0.15) is 36.4 Å². The van der Waals surface area contributed by atoms with Crippen LogP contribution in [0.2, 0.25) is 0 Å². The zero-order valence-electron chi connectivity index (χ0n) is 17.4. The first-order valence-corrected chi connectivity index (χ1v) is 11.0. The van der Waals surface area contributed by atoms with Crippen LogP contribution in [0.25, 0.3) is 22.3 Å². The lowest BCUT2D eigenvalue weighted by Crippen LogP contribution is -2.20. The number of nitrogen functional groups attached to an aromatic ring is 1. The average molecular weight is 412 g/mol. The van der Waals surface area contributed by atoms with Gasteiger partial charge < -0.3 is 10.6 Å². The van der Waals surface area contributed by atoms with Gasteiger partial charge in [-0.3, -0.25) is 0 Å². The molecule has 6 rings (SSSR count). The lowest BCUT2D eigenvalue weighted by atomic mass is 9.88. The molecule has 0 bridgehead atoms. The first-order valence-electron chi connectivity index (χ1n) is 11.0. The van der Waals surface area contributed by atoms with Gasteiger partial charge in [-0.2, -0.15) is 5.10 Å². The molecule has 0 saturated carbocycles. The number of anilines is 2. The molecule has 1 aromatic carbocycles. The first-order chi connectivity index (χ1) is 15.3. The van der Waals surface area contributed by atoms with Crippen LogP contribution in [0.3, 0.4) is 0 Å². The minimum Gasteiger partial charge on any atom is -0.383 e. The van der Waals surface area contributed by atoms with E-state index in [9.17, 15) is 0 Å². The van der Waals surface area contributed by atoms with Gasteiger partial charge in [0.2, 0.25) is 0 Å². The number of fused-ring (bicyclic) bond motifs is 2. The molecule has 1 unspecified atom stereocenters. The van der Waals surface area contributed by atoms with Crippen LogP contribution in [-0.2, 0) is 12.8 Å². The van der Waals surface area contributed by atoms with Crippen LogP contribution < -0.4 is 10.6 Å². The summed E-state index contributed by atoms with van der Waals surface area (Å²) in [6.45, 7) is 2.15. The minimum atomic E-state index is 0.247. The Labute approximate surface area is 181 Å². The van der Waals surface area contributed by atoms with Crippen LogP contribution >= 0.6 is 0 Å². The molecule has 0 spiro atoms. The molecule has 4 aromatic rings. The SMILES string of the molecule is Nc1ncnc2c1c(-c1ccc(N3CCCC3)nc1)nn2C1CCc2ccccc2C1.